The van der Waals surface area contributed by atoms with Crippen LogP contribution in [0.5, 0.6) is 0 Å². The van der Waals surface area contributed by atoms with Gasteiger partial charge in [-0.2, -0.15) is 0 Å². The van der Waals surface area contributed by atoms with E-state index in [0.717, 1.165) is 36.8 Å². The van der Waals surface area contributed by atoms with Crippen LogP contribution in [0.25, 0.3) is 0 Å². The highest BCUT2D eigenvalue weighted by Gasteiger charge is 2.33. The van der Waals surface area contributed by atoms with Crippen molar-refractivity contribution in [1.82, 2.24) is 9.80 Å². The Morgan fingerprint density at radius 1 is 0.605 bits per heavy atom. The summed E-state index contributed by atoms with van der Waals surface area (Å²) in [6.07, 6.45) is 4.05. The number of amides is 2. The zero-order valence-corrected chi connectivity index (χ0v) is 24.2. The van der Waals surface area contributed by atoms with E-state index in [-0.39, 0.29) is 34.2 Å². The van der Waals surface area contributed by atoms with Crippen LogP contribution >= 0.6 is 0 Å². The van der Waals surface area contributed by atoms with Gasteiger partial charge in [0.05, 0.1) is 0 Å². The second kappa shape index (κ2) is 11.2. The lowest BCUT2D eigenvalue weighted by Gasteiger charge is -2.29. The second-order valence-corrected chi connectivity index (χ2v) is 12.2. The van der Waals surface area contributed by atoms with Gasteiger partial charge in [0.25, 0.3) is 0 Å². The molecule has 0 radical (unpaired) electrons. The smallest absolute Gasteiger partial charge is 0.222 e. The molecule has 0 atom stereocenters. The molecular formula is C32H42N2O4. The predicted octanol–water partition coefficient (Wildman–Crippen LogP) is 5.53. The van der Waals surface area contributed by atoms with E-state index in [1.165, 1.54) is 0 Å². The quantitative estimate of drug-likeness (QED) is 0.353. The molecule has 0 fully saturated rings. The zero-order valence-electron chi connectivity index (χ0n) is 24.2. The third kappa shape index (κ3) is 6.23. The normalized spacial score (nSPS) is 13.2. The van der Waals surface area contributed by atoms with Gasteiger partial charge in [0.15, 0.2) is 11.6 Å². The largest absolute Gasteiger partial charge is 0.349 e. The number of hydrogen-bond donors (Lipinski definition) is 0. The minimum atomic E-state index is -0.243. The Balaban J connectivity index is 1.82. The molecule has 2 aromatic rings. The molecule has 0 aromatic heterocycles. The molecule has 1 aliphatic rings. The van der Waals surface area contributed by atoms with E-state index < -0.39 is 0 Å². The lowest BCUT2D eigenvalue weighted by molar-refractivity contribution is -0.129. The van der Waals surface area contributed by atoms with E-state index >= 15 is 0 Å². The zero-order chi connectivity index (χ0) is 28.4. The Hall–Kier alpha value is -3.28. The van der Waals surface area contributed by atoms with Crippen LogP contribution in [0.4, 0.5) is 0 Å². The van der Waals surface area contributed by atoms with Gasteiger partial charge in [-0.3, -0.25) is 19.2 Å². The average Bonchev–Trinajstić information content (AvgIpc) is 2.86. The molecule has 1 aliphatic carbocycles. The first-order valence-corrected chi connectivity index (χ1v) is 13.4. The molecule has 0 bridgehead atoms. The first-order chi connectivity index (χ1) is 17.7. The van der Waals surface area contributed by atoms with Crippen molar-refractivity contribution in [2.24, 2.45) is 0 Å². The lowest BCUT2D eigenvalue weighted by atomic mass is 9.74. The van der Waals surface area contributed by atoms with Gasteiger partial charge in [-0.25, -0.2) is 0 Å². The Morgan fingerprint density at radius 3 is 1.26 bits per heavy atom. The van der Waals surface area contributed by atoms with Crippen LogP contribution in [0, 0.1) is 0 Å². The molecule has 38 heavy (non-hydrogen) atoms. The van der Waals surface area contributed by atoms with E-state index in [4.69, 9.17) is 0 Å². The molecule has 6 nitrogen and oxygen atoms in total. The third-order valence-corrected chi connectivity index (χ3v) is 7.96. The highest BCUT2D eigenvalue weighted by molar-refractivity contribution is 6.28. The lowest BCUT2D eigenvalue weighted by Crippen LogP contribution is -2.26. The molecule has 3 rings (SSSR count). The molecule has 0 unspecified atom stereocenters. The number of carbonyl (C=O) groups is 4. The average molecular weight is 519 g/mol. The van der Waals surface area contributed by atoms with Gasteiger partial charge in [0, 0.05) is 63.3 Å². The third-order valence-electron chi connectivity index (χ3n) is 7.96. The van der Waals surface area contributed by atoms with Crippen molar-refractivity contribution in [2.75, 3.05) is 28.2 Å². The SMILES string of the molecule is CN(C)C(=O)CCCC(C)(C)c1ccc2c(c1)C(=O)c1ccc(C(C)(C)CCCC(=O)N(C)C)cc1C2=O. The standard InChI is InChI=1S/C32H42N2O4/c1-31(2,17-9-11-27(35)33(5)6)21-13-15-23-25(19-21)29(37)24-16-14-22(20-26(24)30(23)38)32(3,4)18-10-12-28(36)34(7)8/h13-16,19-20H,9-12,17-18H2,1-8H3. The minimum Gasteiger partial charge on any atom is -0.349 e. The van der Waals surface area contributed by atoms with E-state index in [1.54, 1.807) is 50.1 Å². The number of hydrogen-bond acceptors (Lipinski definition) is 4. The van der Waals surface area contributed by atoms with E-state index in [1.807, 2.05) is 24.3 Å². The summed E-state index contributed by atoms with van der Waals surface area (Å²) in [5.41, 5.74) is 3.28. The molecular weight excluding hydrogens is 476 g/mol. The summed E-state index contributed by atoms with van der Waals surface area (Å²) < 4.78 is 0. The summed E-state index contributed by atoms with van der Waals surface area (Å²) in [7, 11) is 7.04. The number of carbonyl (C=O) groups excluding carboxylic acids is 4. The maximum Gasteiger partial charge on any atom is 0.222 e. The minimum absolute atomic E-state index is 0.105. The van der Waals surface area contributed by atoms with Gasteiger partial charge in [-0.05, 0) is 71.9 Å². The number of benzene rings is 2. The fourth-order valence-electron chi connectivity index (χ4n) is 5.09. The van der Waals surface area contributed by atoms with Crippen molar-refractivity contribution in [2.45, 2.75) is 77.0 Å². The highest BCUT2D eigenvalue weighted by atomic mass is 16.2. The molecule has 0 N–H and O–H groups in total. The molecule has 204 valence electrons. The van der Waals surface area contributed by atoms with Gasteiger partial charge < -0.3 is 9.80 Å². The molecule has 0 saturated carbocycles. The van der Waals surface area contributed by atoms with Crippen LogP contribution in [0.1, 0.15) is 109 Å². The van der Waals surface area contributed by atoms with Gasteiger partial charge >= 0.3 is 0 Å². The summed E-state index contributed by atoms with van der Waals surface area (Å²) in [6.45, 7) is 8.44. The van der Waals surface area contributed by atoms with Crippen molar-refractivity contribution in [3.63, 3.8) is 0 Å². The number of ketones is 2. The summed E-state index contributed by atoms with van der Waals surface area (Å²) in [6, 6.07) is 11.2. The van der Waals surface area contributed by atoms with Crippen molar-refractivity contribution in [3.8, 4) is 0 Å². The summed E-state index contributed by atoms with van der Waals surface area (Å²) in [5.74, 6) is -0.0478. The molecule has 0 saturated heterocycles. The van der Waals surface area contributed by atoms with Gasteiger partial charge in [0.1, 0.15) is 0 Å². The fraction of sp³-hybridized carbons (Fsp3) is 0.500. The molecule has 6 heteroatoms. The van der Waals surface area contributed by atoms with Crippen LogP contribution in [0.15, 0.2) is 36.4 Å². The van der Waals surface area contributed by atoms with Crippen LogP contribution in [0.2, 0.25) is 0 Å². The first kappa shape index (κ1) is 29.3. The van der Waals surface area contributed by atoms with Crippen LogP contribution in [-0.2, 0) is 20.4 Å². The number of fused-ring (bicyclic) bond motifs is 2. The Kier molecular flexibility index (Phi) is 8.65. The van der Waals surface area contributed by atoms with Crippen LogP contribution in [0.3, 0.4) is 0 Å². The van der Waals surface area contributed by atoms with Crippen LogP contribution < -0.4 is 0 Å². The Labute approximate surface area is 227 Å². The fourth-order valence-corrected chi connectivity index (χ4v) is 5.09. The maximum atomic E-state index is 13.5. The summed E-state index contributed by atoms with van der Waals surface area (Å²) in [5, 5.41) is 0. The molecule has 2 aromatic carbocycles. The predicted molar refractivity (Wildman–Crippen MR) is 151 cm³/mol. The second-order valence-electron chi connectivity index (χ2n) is 12.2. The first-order valence-electron chi connectivity index (χ1n) is 13.4. The number of rotatable bonds is 10. The number of nitrogens with zero attached hydrogens (tertiary/aromatic N) is 2. The van der Waals surface area contributed by atoms with Crippen molar-refractivity contribution in [1.29, 1.82) is 0 Å². The van der Waals surface area contributed by atoms with E-state index in [2.05, 4.69) is 27.7 Å². The highest BCUT2D eigenvalue weighted by Crippen LogP contribution is 2.37. The van der Waals surface area contributed by atoms with Crippen molar-refractivity contribution < 1.29 is 19.2 Å². The van der Waals surface area contributed by atoms with Crippen molar-refractivity contribution in [3.05, 3.63) is 69.8 Å². The summed E-state index contributed by atoms with van der Waals surface area (Å²) in [4.78, 5) is 54.2. The Morgan fingerprint density at radius 2 is 0.947 bits per heavy atom. The van der Waals surface area contributed by atoms with Crippen molar-refractivity contribution >= 4 is 23.4 Å². The molecule has 0 heterocycles. The van der Waals surface area contributed by atoms with Gasteiger partial charge in [-0.15, -0.1) is 0 Å². The van der Waals surface area contributed by atoms with Gasteiger partial charge in [-0.1, -0.05) is 39.8 Å². The summed E-state index contributed by atoms with van der Waals surface area (Å²) >= 11 is 0. The molecule has 0 spiro atoms. The monoisotopic (exact) mass is 518 g/mol. The van der Waals surface area contributed by atoms with E-state index in [9.17, 15) is 19.2 Å². The Bertz CT molecular complexity index is 1160. The van der Waals surface area contributed by atoms with Crippen LogP contribution in [-0.4, -0.2) is 61.4 Å². The molecule has 0 aliphatic heterocycles. The topological polar surface area (TPSA) is 74.8 Å². The molecule has 2 amide bonds. The maximum absolute atomic E-state index is 13.5. The van der Waals surface area contributed by atoms with Gasteiger partial charge in [0.2, 0.25) is 11.8 Å². The van der Waals surface area contributed by atoms with E-state index in [0.29, 0.717) is 35.1 Å².